The van der Waals surface area contributed by atoms with Gasteiger partial charge in [0, 0.05) is 16.2 Å². The minimum atomic E-state index is 0.362. The van der Waals surface area contributed by atoms with Gasteiger partial charge in [-0.25, -0.2) is 0 Å². The van der Waals surface area contributed by atoms with E-state index in [0.29, 0.717) is 5.25 Å². The Morgan fingerprint density at radius 2 is 1.52 bits per heavy atom. The van der Waals surface area contributed by atoms with Crippen molar-refractivity contribution in [2.45, 2.75) is 23.0 Å². The van der Waals surface area contributed by atoms with Crippen LogP contribution >= 0.6 is 11.8 Å². The molecule has 3 aromatic rings. The molecule has 0 aromatic heterocycles. The van der Waals surface area contributed by atoms with E-state index in [9.17, 15) is 0 Å². The standard InChI is InChI=1S/C23H19NS/c1-2-9-17(10-3-1)23-19-15-14-16-8-4-5-11-18(16)22(19)24-20-12-6-7-13-21(20)25-23/h1-13,23-24H,14-15H2. The van der Waals surface area contributed by atoms with Crippen molar-refractivity contribution in [3.63, 3.8) is 0 Å². The molecule has 1 unspecified atom stereocenters. The predicted molar refractivity (Wildman–Crippen MR) is 107 cm³/mol. The Morgan fingerprint density at radius 1 is 0.760 bits per heavy atom. The van der Waals surface area contributed by atoms with E-state index in [0.717, 1.165) is 12.8 Å². The Bertz CT molecular complexity index is 959. The van der Waals surface area contributed by atoms with Crippen LogP contribution in [-0.2, 0) is 6.42 Å². The van der Waals surface area contributed by atoms with E-state index in [2.05, 4.69) is 84.2 Å². The Morgan fingerprint density at radius 3 is 2.44 bits per heavy atom. The van der Waals surface area contributed by atoms with Crippen molar-refractivity contribution in [1.29, 1.82) is 0 Å². The molecule has 0 saturated carbocycles. The van der Waals surface area contributed by atoms with Gasteiger partial charge in [-0.1, -0.05) is 66.7 Å². The highest BCUT2D eigenvalue weighted by Crippen LogP contribution is 2.51. The highest BCUT2D eigenvalue weighted by molar-refractivity contribution is 8.00. The lowest BCUT2D eigenvalue weighted by Gasteiger charge is -2.27. The molecule has 25 heavy (non-hydrogen) atoms. The highest BCUT2D eigenvalue weighted by atomic mass is 32.2. The van der Waals surface area contributed by atoms with Crippen LogP contribution in [0.5, 0.6) is 0 Å². The molecule has 1 aliphatic heterocycles. The first kappa shape index (κ1) is 14.9. The molecule has 0 fully saturated rings. The van der Waals surface area contributed by atoms with Crippen molar-refractivity contribution >= 4 is 23.1 Å². The summed E-state index contributed by atoms with van der Waals surface area (Å²) in [6.45, 7) is 0. The van der Waals surface area contributed by atoms with Gasteiger partial charge in [-0.15, -0.1) is 11.8 Å². The van der Waals surface area contributed by atoms with Gasteiger partial charge in [-0.05, 0) is 41.7 Å². The van der Waals surface area contributed by atoms with E-state index in [1.165, 1.54) is 38.5 Å². The molecule has 0 bridgehead atoms. The Hall–Kier alpha value is -2.45. The molecule has 2 aliphatic rings. The first-order valence-electron chi connectivity index (χ1n) is 8.79. The van der Waals surface area contributed by atoms with Gasteiger partial charge >= 0.3 is 0 Å². The quantitative estimate of drug-likeness (QED) is 0.557. The van der Waals surface area contributed by atoms with Crippen molar-refractivity contribution in [2.24, 2.45) is 0 Å². The molecule has 3 aromatic carbocycles. The first-order chi connectivity index (χ1) is 12.4. The molecule has 1 atom stereocenters. The summed E-state index contributed by atoms with van der Waals surface area (Å²) in [5, 5.41) is 4.14. The van der Waals surface area contributed by atoms with Gasteiger partial charge in [0.15, 0.2) is 0 Å². The molecule has 5 rings (SSSR count). The average Bonchev–Trinajstić information content (AvgIpc) is 2.85. The summed E-state index contributed by atoms with van der Waals surface area (Å²) in [6, 6.07) is 28.4. The zero-order valence-electron chi connectivity index (χ0n) is 13.9. The van der Waals surface area contributed by atoms with Gasteiger partial charge in [-0.3, -0.25) is 0 Å². The third-order valence-electron chi connectivity index (χ3n) is 5.08. The van der Waals surface area contributed by atoms with Crippen LogP contribution < -0.4 is 5.32 Å². The molecule has 1 N–H and O–H groups in total. The smallest absolute Gasteiger partial charge is 0.0577 e. The number of hydrogen-bond donors (Lipinski definition) is 1. The zero-order valence-corrected chi connectivity index (χ0v) is 14.7. The van der Waals surface area contributed by atoms with Crippen molar-refractivity contribution in [1.82, 2.24) is 0 Å². The Labute approximate surface area is 152 Å². The minimum absolute atomic E-state index is 0.362. The number of anilines is 1. The number of aryl methyl sites for hydroxylation is 1. The summed E-state index contributed by atoms with van der Waals surface area (Å²) < 4.78 is 0. The summed E-state index contributed by atoms with van der Waals surface area (Å²) in [6.07, 6.45) is 2.23. The maximum Gasteiger partial charge on any atom is 0.0577 e. The van der Waals surface area contributed by atoms with Crippen molar-refractivity contribution in [3.05, 3.63) is 101 Å². The molecule has 0 spiro atoms. The summed E-state index contributed by atoms with van der Waals surface area (Å²) >= 11 is 1.97. The van der Waals surface area contributed by atoms with E-state index in [4.69, 9.17) is 0 Å². The second-order valence-corrected chi connectivity index (χ2v) is 7.73. The molecular weight excluding hydrogens is 322 g/mol. The topological polar surface area (TPSA) is 12.0 Å². The number of benzene rings is 3. The number of rotatable bonds is 1. The molecule has 1 nitrogen and oxygen atoms in total. The Balaban J connectivity index is 1.73. The van der Waals surface area contributed by atoms with Crippen LogP contribution in [0.3, 0.4) is 0 Å². The van der Waals surface area contributed by atoms with E-state index >= 15 is 0 Å². The fourth-order valence-electron chi connectivity index (χ4n) is 3.86. The molecule has 2 heteroatoms. The maximum atomic E-state index is 3.78. The van der Waals surface area contributed by atoms with E-state index < -0.39 is 0 Å². The monoisotopic (exact) mass is 341 g/mol. The minimum Gasteiger partial charge on any atom is -0.354 e. The van der Waals surface area contributed by atoms with Crippen molar-refractivity contribution in [3.8, 4) is 0 Å². The van der Waals surface area contributed by atoms with Crippen molar-refractivity contribution < 1.29 is 0 Å². The summed E-state index contributed by atoms with van der Waals surface area (Å²) in [4.78, 5) is 1.32. The third-order valence-corrected chi connectivity index (χ3v) is 6.48. The third kappa shape index (κ3) is 2.58. The van der Waals surface area contributed by atoms with Crippen LogP contribution in [0.25, 0.3) is 5.70 Å². The lowest BCUT2D eigenvalue weighted by molar-refractivity contribution is 0.871. The fourth-order valence-corrected chi connectivity index (χ4v) is 5.19. The fraction of sp³-hybridized carbons (Fsp3) is 0.130. The van der Waals surface area contributed by atoms with Crippen LogP contribution in [0.15, 0.2) is 89.3 Å². The van der Waals surface area contributed by atoms with Crippen LogP contribution in [0.4, 0.5) is 5.69 Å². The zero-order chi connectivity index (χ0) is 16.6. The molecule has 0 saturated heterocycles. The van der Waals surface area contributed by atoms with Crippen LogP contribution in [0.1, 0.15) is 28.4 Å². The first-order valence-corrected chi connectivity index (χ1v) is 9.67. The summed E-state index contributed by atoms with van der Waals surface area (Å²) in [5.41, 5.74) is 8.25. The number of fused-ring (bicyclic) bond motifs is 3. The SMILES string of the molecule is c1ccc(C2Sc3ccccc3NC3=C2CCc2ccccc23)cc1. The van der Waals surface area contributed by atoms with Gasteiger partial charge in [-0.2, -0.15) is 0 Å². The van der Waals surface area contributed by atoms with Crippen LogP contribution in [-0.4, -0.2) is 0 Å². The molecule has 1 heterocycles. The molecular formula is C23H19NS. The normalized spacial score (nSPS) is 18.5. The average molecular weight is 341 g/mol. The van der Waals surface area contributed by atoms with Crippen LogP contribution in [0, 0.1) is 0 Å². The van der Waals surface area contributed by atoms with E-state index in [1.54, 1.807) is 0 Å². The second-order valence-electron chi connectivity index (χ2n) is 6.59. The highest BCUT2D eigenvalue weighted by Gasteiger charge is 2.30. The molecule has 1 aliphatic carbocycles. The van der Waals surface area contributed by atoms with Crippen LogP contribution in [0.2, 0.25) is 0 Å². The van der Waals surface area contributed by atoms with Gasteiger partial charge in [0.1, 0.15) is 0 Å². The van der Waals surface area contributed by atoms with Crippen molar-refractivity contribution in [2.75, 3.05) is 5.32 Å². The van der Waals surface area contributed by atoms with Gasteiger partial charge < -0.3 is 5.32 Å². The maximum absolute atomic E-state index is 3.78. The Kier molecular flexibility index (Phi) is 3.64. The largest absolute Gasteiger partial charge is 0.354 e. The number of hydrogen-bond acceptors (Lipinski definition) is 2. The molecule has 122 valence electrons. The molecule has 0 amide bonds. The van der Waals surface area contributed by atoms with E-state index in [1.807, 2.05) is 11.8 Å². The van der Waals surface area contributed by atoms with E-state index in [-0.39, 0.29) is 0 Å². The predicted octanol–water partition coefficient (Wildman–Crippen LogP) is 6.30. The summed E-state index contributed by atoms with van der Waals surface area (Å²) in [5.74, 6) is 0. The summed E-state index contributed by atoms with van der Waals surface area (Å²) in [7, 11) is 0. The number of para-hydroxylation sites is 1. The number of thioether (sulfide) groups is 1. The molecule has 0 radical (unpaired) electrons. The lowest BCUT2D eigenvalue weighted by atomic mass is 9.86. The van der Waals surface area contributed by atoms with Gasteiger partial charge in [0.25, 0.3) is 0 Å². The van der Waals surface area contributed by atoms with Gasteiger partial charge in [0.05, 0.1) is 10.9 Å². The lowest BCUT2D eigenvalue weighted by Crippen LogP contribution is -2.13. The second kappa shape index (κ2) is 6.12. The van der Waals surface area contributed by atoms with Gasteiger partial charge in [0.2, 0.25) is 0 Å². The number of nitrogens with one attached hydrogen (secondary N) is 1.